The molecule has 0 unspecified atom stereocenters. The highest BCUT2D eigenvalue weighted by Crippen LogP contribution is 2.37. The molecule has 2 aromatic carbocycles. The van der Waals surface area contributed by atoms with Gasteiger partial charge in [-0.1, -0.05) is 38.1 Å². The van der Waals surface area contributed by atoms with Gasteiger partial charge < -0.3 is 9.47 Å². The number of benzene rings is 2. The van der Waals surface area contributed by atoms with Gasteiger partial charge in [-0.3, -0.25) is 0 Å². The van der Waals surface area contributed by atoms with E-state index in [4.69, 9.17) is 9.47 Å². The first kappa shape index (κ1) is 13.9. The third-order valence-corrected chi connectivity index (χ3v) is 4.11. The lowest BCUT2D eigenvalue weighted by Crippen LogP contribution is -2.26. The zero-order valence-corrected chi connectivity index (χ0v) is 12.2. The molecule has 0 saturated carbocycles. The Hall–Kier alpha value is -1.54. The van der Waals surface area contributed by atoms with E-state index >= 15 is 0 Å². The monoisotopic (exact) mass is 258 g/mol. The molecule has 0 radical (unpaired) electrons. The Balaban J connectivity index is 2.67. The summed E-state index contributed by atoms with van der Waals surface area (Å²) in [5.41, 5.74) is 1.06. The van der Waals surface area contributed by atoms with Crippen LogP contribution in [0.2, 0.25) is 0 Å². The lowest BCUT2D eigenvalue weighted by molar-refractivity contribution is -0.0205. The van der Waals surface area contributed by atoms with Crippen LogP contribution < -0.4 is 4.74 Å². The van der Waals surface area contributed by atoms with Crippen molar-refractivity contribution >= 4 is 10.8 Å². The molecular weight excluding hydrogens is 236 g/mol. The van der Waals surface area contributed by atoms with Gasteiger partial charge in [0.2, 0.25) is 0 Å². The van der Waals surface area contributed by atoms with Gasteiger partial charge in [-0.15, -0.1) is 0 Å². The quantitative estimate of drug-likeness (QED) is 0.785. The summed E-state index contributed by atoms with van der Waals surface area (Å²) in [7, 11) is 3.50. The van der Waals surface area contributed by atoms with Gasteiger partial charge in [0.25, 0.3) is 0 Å². The van der Waals surface area contributed by atoms with E-state index in [2.05, 4.69) is 44.2 Å². The van der Waals surface area contributed by atoms with E-state index in [1.807, 2.05) is 6.07 Å². The van der Waals surface area contributed by atoms with Crippen molar-refractivity contribution in [3.63, 3.8) is 0 Å². The Kier molecular flexibility index (Phi) is 4.11. The molecule has 0 fully saturated rings. The van der Waals surface area contributed by atoms with Gasteiger partial charge in [0.05, 0.1) is 12.7 Å². The number of hydrogen-bond acceptors (Lipinski definition) is 2. The first-order valence-corrected chi connectivity index (χ1v) is 6.83. The standard InChI is InChI=1S/C17H22O2/c1-5-17(6-2,19-4)16-9-7-8-13-12-14(18-3)10-11-15(13)16/h7-12H,5-6H2,1-4H3. The Morgan fingerprint density at radius 2 is 1.74 bits per heavy atom. The smallest absolute Gasteiger partial charge is 0.119 e. The zero-order chi connectivity index (χ0) is 13.9. The van der Waals surface area contributed by atoms with E-state index in [-0.39, 0.29) is 5.60 Å². The van der Waals surface area contributed by atoms with Crippen LogP contribution in [0.15, 0.2) is 36.4 Å². The van der Waals surface area contributed by atoms with Crippen LogP contribution in [0.1, 0.15) is 32.3 Å². The first-order chi connectivity index (χ1) is 9.20. The summed E-state index contributed by atoms with van der Waals surface area (Å²) in [5, 5.41) is 2.44. The molecule has 0 aliphatic heterocycles. The van der Waals surface area contributed by atoms with Crippen molar-refractivity contribution in [1.82, 2.24) is 0 Å². The topological polar surface area (TPSA) is 18.5 Å². The van der Waals surface area contributed by atoms with Crippen LogP contribution in [0.5, 0.6) is 5.75 Å². The molecule has 2 aromatic rings. The number of rotatable bonds is 5. The lowest BCUT2D eigenvalue weighted by atomic mass is 9.85. The number of hydrogen-bond donors (Lipinski definition) is 0. The molecule has 0 spiro atoms. The molecule has 19 heavy (non-hydrogen) atoms. The van der Waals surface area contributed by atoms with Crippen molar-refractivity contribution in [3.8, 4) is 5.75 Å². The summed E-state index contributed by atoms with van der Waals surface area (Å²) < 4.78 is 11.2. The van der Waals surface area contributed by atoms with Crippen LogP contribution in [0.4, 0.5) is 0 Å². The Morgan fingerprint density at radius 1 is 1.00 bits per heavy atom. The summed E-state index contributed by atoms with van der Waals surface area (Å²) in [5.74, 6) is 0.890. The fourth-order valence-electron chi connectivity index (χ4n) is 2.82. The fraction of sp³-hybridized carbons (Fsp3) is 0.412. The van der Waals surface area contributed by atoms with Crippen LogP contribution in [-0.2, 0) is 10.3 Å². The van der Waals surface area contributed by atoms with E-state index in [1.54, 1.807) is 14.2 Å². The normalized spacial score (nSPS) is 11.8. The maximum atomic E-state index is 5.86. The molecule has 102 valence electrons. The van der Waals surface area contributed by atoms with Gasteiger partial charge in [0, 0.05) is 7.11 Å². The highest BCUT2D eigenvalue weighted by atomic mass is 16.5. The highest BCUT2D eigenvalue weighted by molar-refractivity contribution is 5.87. The maximum Gasteiger partial charge on any atom is 0.119 e. The third kappa shape index (κ3) is 2.33. The molecular formula is C17H22O2. The molecule has 0 aliphatic carbocycles. The van der Waals surface area contributed by atoms with Crippen LogP contribution >= 0.6 is 0 Å². The van der Waals surface area contributed by atoms with E-state index in [9.17, 15) is 0 Å². The molecule has 0 atom stereocenters. The second kappa shape index (κ2) is 5.62. The lowest BCUT2D eigenvalue weighted by Gasteiger charge is -2.32. The molecule has 0 aliphatic rings. The molecule has 2 heteroatoms. The molecule has 2 nitrogen and oxygen atoms in total. The van der Waals surface area contributed by atoms with Gasteiger partial charge in [0.15, 0.2) is 0 Å². The molecule has 0 aromatic heterocycles. The third-order valence-electron chi connectivity index (χ3n) is 4.11. The number of ether oxygens (including phenoxy) is 2. The van der Waals surface area contributed by atoms with Gasteiger partial charge in [-0.2, -0.15) is 0 Å². The second-order valence-corrected chi connectivity index (χ2v) is 4.80. The molecule has 2 rings (SSSR count). The van der Waals surface area contributed by atoms with Gasteiger partial charge >= 0.3 is 0 Å². The average molecular weight is 258 g/mol. The van der Waals surface area contributed by atoms with Crippen molar-refractivity contribution < 1.29 is 9.47 Å². The van der Waals surface area contributed by atoms with E-state index in [1.165, 1.54) is 16.3 Å². The van der Waals surface area contributed by atoms with E-state index in [0.717, 1.165) is 18.6 Å². The first-order valence-electron chi connectivity index (χ1n) is 6.83. The molecule has 0 bridgehead atoms. The van der Waals surface area contributed by atoms with Gasteiger partial charge in [0.1, 0.15) is 5.75 Å². The Bertz CT molecular complexity index is 548. The zero-order valence-electron chi connectivity index (χ0n) is 12.2. The minimum Gasteiger partial charge on any atom is -0.497 e. The van der Waals surface area contributed by atoms with Crippen LogP contribution in [0.25, 0.3) is 10.8 Å². The number of fused-ring (bicyclic) bond motifs is 1. The summed E-state index contributed by atoms with van der Waals surface area (Å²) in [6.07, 6.45) is 1.93. The van der Waals surface area contributed by atoms with E-state index < -0.39 is 0 Å². The Labute approximate surface area is 115 Å². The van der Waals surface area contributed by atoms with Crippen molar-refractivity contribution in [3.05, 3.63) is 42.0 Å². The van der Waals surface area contributed by atoms with Crippen LogP contribution in [-0.4, -0.2) is 14.2 Å². The minimum absolute atomic E-state index is 0.200. The summed E-state index contributed by atoms with van der Waals surface area (Å²) in [6.45, 7) is 4.35. The predicted octanol–water partition coefficient (Wildman–Crippen LogP) is 4.51. The van der Waals surface area contributed by atoms with Crippen LogP contribution in [0.3, 0.4) is 0 Å². The molecule has 0 N–H and O–H groups in total. The minimum atomic E-state index is -0.200. The van der Waals surface area contributed by atoms with Gasteiger partial charge in [-0.25, -0.2) is 0 Å². The molecule has 0 saturated heterocycles. The van der Waals surface area contributed by atoms with Crippen LogP contribution in [0, 0.1) is 0 Å². The number of methoxy groups -OCH3 is 2. The molecule has 0 amide bonds. The van der Waals surface area contributed by atoms with Crippen molar-refractivity contribution in [2.24, 2.45) is 0 Å². The van der Waals surface area contributed by atoms with Crippen molar-refractivity contribution in [1.29, 1.82) is 0 Å². The summed E-state index contributed by atoms with van der Waals surface area (Å²) in [6, 6.07) is 12.6. The van der Waals surface area contributed by atoms with Crippen molar-refractivity contribution in [2.45, 2.75) is 32.3 Å². The largest absolute Gasteiger partial charge is 0.497 e. The second-order valence-electron chi connectivity index (χ2n) is 4.80. The fourth-order valence-corrected chi connectivity index (χ4v) is 2.82. The summed E-state index contributed by atoms with van der Waals surface area (Å²) >= 11 is 0. The van der Waals surface area contributed by atoms with E-state index in [0.29, 0.717) is 0 Å². The van der Waals surface area contributed by atoms with Crippen molar-refractivity contribution in [2.75, 3.05) is 14.2 Å². The van der Waals surface area contributed by atoms with Gasteiger partial charge in [-0.05, 0) is 41.3 Å². The average Bonchev–Trinajstić information content (AvgIpc) is 2.49. The molecule has 0 heterocycles. The maximum absolute atomic E-state index is 5.86. The SMILES string of the molecule is CCC(CC)(OC)c1cccc2cc(OC)ccc12. The predicted molar refractivity (Wildman–Crippen MR) is 79.8 cm³/mol. The Morgan fingerprint density at radius 3 is 2.32 bits per heavy atom. The highest BCUT2D eigenvalue weighted by Gasteiger charge is 2.29. The summed E-state index contributed by atoms with van der Waals surface area (Å²) in [4.78, 5) is 0.